The van der Waals surface area contributed by atoms with Gasteiger partial charge in [-0.1, -0.05) is 12.2 Å². The maximum atomic E-state index is 11.1. The summed E-state index contributed by atoms with van der Waals surface area (Å²) < 4.78 is 10.0. The molecule has 2 atom stereocenters. The molecule has 2 unspecified atom stereocenters. The average Bonchev–Trinajstić information content (AvgIpc) is 2.21. The topological polar surface area (TPSA) is 105 Å². The van der Waals surface area contributed by atoms with E-state index in [4.69, 9.17) is 20.9 Å². The standard InChI is InChI=1S/C10H16N2O4/c1-3-5-15-7(9(11)13)8(10(12)14)16-6-4-2/h3-4,7-8H,1-2,5-6H2,(H2,11,13)(H2,12,14). The smallest absolute Gasteiger partial charge is 0.249 e. The predicted molar refractivity (Wildman–Crippen MR) is 58.3 cm³/mol. The number of primary amides is 2. The molecule has 0 aromatic heterocycles. The zero-order valence-electron chi connectivity index (χ0n) is 8.93. The number of carbonyl (C=O) groups excluding carboxylic acids is 2. The Morgan fingerprint density at radius 1 is 1.00 bits per heavy atom. The molecule has 0 aliphatic carbocycles. The molecule has 6 heteroatoms. The van der Waals surface area contributed by atoms with Gasteiger partial charge in [0.1, 0.15) is 0 Å². The maximum absolute atomic E-state index is 11.1. The van der Waals surface area contributed by atoms with Crippen LogP contribution in [0.25, 0.3) is 0 Å². The first kappa shape index (κ1) is 14.3. The Kier molecular flexibility index (Phi) is 6.82. The van der Waals surface area contributed by atoms with Crippen molar-refractivity contribution in [1.29, 1.82) is 0 Å². The molecule has 0 aliphatic rings. The third-order valence-corrected chi connectivity index (χ3v) is 1.62. The lowest BCUT2D eigenvalue weighted by molar-refractivity contribution is -0.150. The molecule has 0 bridgehead atoms. The van der Waals surface area contributed by atoms with Crippen molar-refractivity contribution in [3.63, 3.8) is 0 Å². The third-order valence-electron chi connectivity index (χ3n) is 1.62. The molecule has 0 spiro atoms. The number of amides is 2. The van der Waals surface area contributed by atoms with Crippen LogP contribution in [0.1, 0.15) is 0 Å². The molecule has 0 aliphatic heterocycles. The first-order chi connectivity index (χ1) is 7.54. The van der Waals surface area contributed by atoms with Crippen LogP contribution in [0.5, 0.6) is 0 Å². The summed E-state index contributed by atoms with van der Waals surface area (Å²) >= 11 is 0. The molecule has 0 aromatic carbocycles. The zero-order chi connectivity index (χ0) is 12.6. The van der Waals surface area contributed by atoms with E-state index in [0.29, 0.717) is 0 Å². The van der Waals surface area contributed by atoms with Crippen LogP contribution in [0.3, 0.4) is 0 Å². The van der Waals surface area contributed by atoms with E-state index in [1.54, 1.807) is 0 Å². The second kappa shape index (κ2) is 7.61. The molecule has 0 radical (unpaired) electrons. The van der Waals surface area contributed by atoms with Crippen molar-refractivity contribution in [2.75, 3.05) is 13.2 Å². The lowest BCUT2D eigenvalue weighted by atomic mass is 10.2. The van der Waals surface area contributed by atoms with Crippen molar-refractivity contribution < 1.29 is 19.1 Å². The lowest BCUT2D eigenvalue weighted by Crippen LogP contribution is -2.49. The molecule has 90 valence electrons. The molecular weight excluding hydrogens is 212 g/mol. The highest BCUT2D eigenvalue weighted by atomic mass is 16.5. The molecule has 0 saturated carbocycles. The lowest BCUT2D eigenvalue weighted by Gasteiger charge is -2.21. The first-order valence-electron chi connectivity index (χ1n) is 4.58. The fourth-order valence-electron chi connectivity index (χ4n) is 0.981. The summed E-state index contributed by atoms with van der Waals surface area (Å²) in [4.78, 5) is 22.1. The summed E-state index contributed by atoms with van der Waals surface area (Å²) in [5, 5.41) is 0. The van der Waals surface area contributed by atoms with Crippen LogP contribution in [0.15, 0.2) is 25.3 Å². The van der Waals surface area contributed by atoms with E-state index in [0.717, 1.165) is 0 Å². The van der Waals surface area contributed by atoms with E-state index in [1.807, 2.05) is 0 Å². The van der Waals surface area contributed by atoms with E-state index in [2.05, 4.69) is 13.2 Å². The van der Waals surface area contributed by atoms with Crippen molar-refractivity contribution in [2.45, 2.75) is 12.2 Å². The first-order valence-corrected chi connectivity index (χ1v) is 4.58. The Hall–Kier alpha value is -1.66. The summed E-state index contributed by atoms with van der Waals surface area (Å²) in [5.74, 6) is -1.65. The van der Waals surface area contributed by atoms with Gasteiger partial charge >= 0.3 is 0 Å². The van der Waals surface area contributed by atoms with Crippen LogP contribution < -0.4 is 11.5 Å². The molecule has 16 heavy (non-hydrogen) atoms. The highest BCUT2D eigenvalue weighted by Gasteiger charge is 2.32. The number of rotatable bonds is 9. The summed E-state index contributed by atoms with van der Waals surface area (Å²) in [5.41, 5.74) is 10.2. The van der Waals surface area contributed by atoms with Crippen LogP contribution in [0.4, 0.5) is 0 Å². The largest absolute Gasteiger partial charge is 0.367 e. The molecular formula is C10H16N2O4. The fourth-order valence-corrected chi connectivity index (χ4v) is 0.981. The van der Waals surface area contributed by atoms with Gasteiger partial charge in [0.05, 0.1) is 13.2 Å². The van der Waals surface area contributed by atoms with Crippen molar-refractivity contribution in [3.8, 4) is 0 Å². The van der Waals surface area contributed by atoms with Gasteiger partial charge in [-0.05, 0) is 0 Å². The number of carbonyl (C=O) groups is 2. The number of hydrogen-bond acceptors (Lipinski definition) is 4. The van der Waals surface area contributed by atoms with Gasteiger partial charge < -0.3 is 20.9 Å². The molecule has 2 amide bonds. The van der Waals surface area contributed by atoms with E-state index < -0.39 is 24.0 Å². The van der Waals surface area contributed by atoms with E-state index in [-0.39, 0.29) is 13.2 Å². The van der Waals surface area contributed by atoms with Gasteiger partial charge in [0.2, 0.25) is 11.8 Å². The average molecular weight is 228 g/mol. The third kappa shape index (κ3) is 4.72. The predicted octanol–water partition coefficient (Wildman–Crippen LogP) is -0.901. The van der Waals surface area contributed by atoms with E-state index in [1.165, 1.54) is 12.2 Å². The highest BCUT2D eigenvalue weighted by Crippen LogP contribution is 2.04. The van der Waals surface area contributed by atoms with Gasteiger partial charge in [-0.15, -0.1) is 13.2 Å². The van der Waals surface area contributed by atoms with Crippen LogP contribution in [0, 0.1) is 0 Å². The van der Waals surface area contributed by atoms with E-state index in [9.17, 15) is 9.59 Å². The minimum absolute atomic E-state index is 0.0643. The quantitative estimate of drug-likeness (QED) is 0.499. The van der Waals surface area contributed by atoms with Gasteiger partial charge in [0.15, 0.2) is 12.2 Å². The van der Waals surface area contributed by atoms with Gasteiger partial charge in [-0.3, -0.25) is 9.59 Å². The van der Waals surface area contributed by atoms with Gasteiger partial charge in [0.25, 0.3) is 0 Å². The minimum atomic E-state index is -1.23. The SMILES string of the molecule is C=CCOC(C(N)=O)C(OCC=C)C(N)=O. The van der Waals surface area contributed by atoms with Crippen molar-refractivity contribution in [3.05, 3.63) is 25.3 Å². The van der Waals surface area contributed by atoms with Gasteiger partial charge in [0, 0.05) is 0 Å². The summed E-state index contributed by atoms with van der Waals surface area (Å²) in [6, 6.07) is 0. The Bertz CT molecular complexity index is 250. The van der Waals surface area contributed by atoms with E-state index >= 15 is 0 Å². The molecule has 4 N–H and O–H groups in total. The van der Waals surface area contributed by atoms with Crippen LogP contribution in [-0.4, -0.2) is 37.2 Å². The normalized spacial score (nSPS) is 13.8. The fraction of sp³-hybridized carbons (Fsp3) is 0.400. The van der Waals surface area contributed by atoms with Crippen LogP contribution in [0.2, 0.25) is 0 Å². The zero-order valence-corrected chi connectivity index (χ0v) is 8.93. The highest BCUT2D eigenvalue weighted by molar-refractivity contribution is 5.89. The second-order valence-electron chi connectivity index (χ2n) is 2.89. The molecule has 0 saturated heterocycles. The Morgan fingerprint density at radius 2 is 1.31 bits per heavy atom. The van der Waals surface area contributed by atoms with Crippen LogP contribution >= 0.6 is 0 Å². The molecule has 0 heterocycles. The van der Waals surface area contributed by atoms with Crippen LogP contribution in [-0.2, 0) is 19.1 Å². The summed E-state index contributed by atoms with van der Waals surface area (Å²) in [6.45, 7) is 6.94. The van der Waals surface area contributed by atoms with Gasteiger partial charge in [-0.2, -0.15) is 0 Å². The molecule has 0 fully saturated rings. The van der Waals surface area contributed by atoms with Gasteiger partial charge in [-0.25, -0.2) is 0 Å². The van der Waals surface area contributed by atoms with Crippen molar-refractivity contribution in [2.24, 2.45) is 11.5 Å². The summed E-state index contributed by atoms with van der Waals surface area (Å²) in [6.07, 6.45) is 0.383. The minimum Gasteiger partial charge on any atom is -0.367 e. The molecule has 0 aromatic rings. The second-order valence-corrected chi connectivity index (χ2v) is 2.89. The number of nitrogens with two attached hydrogens (primary N) is 2. The number of hydrogen-bond donors (Lipinski definition) is 2. The molecule has 0 rings (SSSR count). The molecule has 6 nitrogen and oxygen atoms in total. The Balaban J connectivity index is 4.64. The number of ether oxygens (including phenoxy) is 2. The monoisotopic (exact) mass is 228 g/mol. The maximum Gasteiger partial charge on any atom is 0.249 e. The summed E-state index contributed by atoms with van der Waals surface area (Å²) in [7, 11) is 0. The van der Waals surface area contributed by atoms with Crippen molar-refractivity contribution >= 4 is 11.8 Å². The Morgan fingerprint density at radius 3 is 1.50 bits per heavy atom. The van der Waals surface area contributed by atoms with Crippen molar-refractivity contribution in [1.82, 2.24) is 0 Å². The Labute approximate surface area is 93.9 Å².